The lowest BCUT2D eigenvalue weighted by Crippen LogP contribution is -2.29. The Labute approximate surface area is 76.1 Å². The molecule has 0 amide bonds. The van der Waals surface area contributed by atoms with Gasteiger partial charge in [0.2, 0.25) is 0 Å². The van der Waals surface area contributed by atoms with Crippen molar-refractivity contribution in [3.63, 3.8) is 0 Å². The largest absolute Gasteiger partial charge is 0.316 e. The molecule has 2 nitrogen and oxygen atoms in total. The fourth-order valence-corrected chi connectivity index (χ4v) is 0.984. The maximum Gasteiger partial charge on any atom is 0.0520 e. The van der Waals surface area contributed by atoms with Crippen LogP contribution in [0.3, 0.4) is 0 Å². The van der Waals surface area contributed by atoms with E-state index in [0.717, 1.165) is 6.42 Å². The molecule has 4 N–H and O–H groups in total. The molecule has 0 unspecified atom stereocenters. The third-order valence-electron chi connectivity index (χ3n) is 1.64. The van der Waals surface area contributed by atoms with Gasteiger partial charge in [-0.3, -0.25) is 0 Å². The Morgan fingerprint density at radius 3 is 2.00 bits per heavy atom. The van der Waals surface area contributed by atoms with E-state index in [4.69, 9.17) is 11.5 Å². The van der Waals surface area contributed by atoms with Gasteiger partial charge in [-0.2, -0.15) is 0 Å². The molecule has 0 aliphatic carbocycles. The van der Waals surface area contributed by atoms with Gasteiger partial charge in [-0.1, -0.05) is 39.0 Å². The summed E-state index contributed by atoms with van der Waals surface area (Å²) < 4.78 is 0. The second-order valence-electron chi connectivity index (χ2n) is 2.87. The number of unbranched alkanes of at least 4 members (excludes halogenated alkanes) is 4. The molecule has 0 aromatic carbocycles. The molecule has 0 aliphatic rings. The third kappa shape index (κ3) is 13.2. The maximum atomic E-state index is 5.38. The highest BCUT2D eigenvalue weighted by Crippen LogP contribution is 2.04. The molecule has 0 aliphatic heterocycles. The molecule has 0 aromatic rings. The average Bonchev–Trinajstić information content (AvgIpc) is 1.87. The molecular formula is C8H21ClN2. The van der Waals surface area contributed by atoms with E-state index in [1.165, 1.54) is 32.1 Å². The first-order valence-corrected chi connectivity index (χ1v) is 4.28. The number of halogens is 1. The van der Waals surface area contributed by atoms with Crippen LogP contribution < -0.4 is 11.5 Å². The summed E-state index contributed by atoms with van der Waals surface area (Å²) in [6, 6.07) is 0. The van der Waals surface area contributed by atoms with Gasteiger partial charge in [-0.05, 0) is 6.42 Å². The molecule has 11 heavy (non-hydrogen) atoms. The van der Waals surface area contributed by atoms with Gasteiger partial charge in [0.05, 0.1) is 6.17 Å². The van der Waals surface area contributed by atoms with Crippen molar-refractivity contribution in [3.8, 4) is 0 Å². The van der Waals surface area contributed by atoms with Crippen molar-refractivity contribution >= 4 is 12.4 Å². The minimum Gasteiger partial charge on any atom is -0.316 e. The van der Waals surface area contributed by atoms with Crippen molar-refractivity contribution in [2.45, 2.75) is 51.6 Å². The Kier molecular flexibility index (Phi) is 12.8. The van der Waals surface area contributed by atoms with Crippen LogP contribution in [0.25, 0.3) is 0 Å². The summed E-state index contributed by atoms with van der Waals surface area (Å²) in [4.78, 5) is 0. The average molecular weight is 181 g/mol. The summed E-state index contributed by atoms with van der Waals surface area (Å²) in [7, 11) is 0. The van der Waals surface area contributed by atoms with Crippen molar-refractivity contribution < 1.29 is 0 Å². The maximum absolute atomic E-state index is 5.38. The Hall–Kier alpha value is 0.210. The van der Waals surface area contributed by atoms with Crippen LogP contribution in [0.4, 0.5) is 0 Å². The van der Waals surface area contributed by atoms with Gasteiger partial charge >= 0.3 is 0 Å². The second kappa shape index (κ2) is 10.2. The minimum atomic E-state index is -0.0957. The molecule has 0 bridgehead atoms. The molecule has 0 atom stereocenters. The lowest BCUT2D eigenvalue weighted by atomic mass is 10.1. The number of hydrogen-bond acceptors (Lipinski definition) is 2. The molecule has 0 heterocycles. The molecule has 0 saturated heterocycles. The summed E-state index contributed by atoms with van der Waals surface area (Å²) in [6.45, 7) is 2.22. The fourth-order valence-electron chi connectivity index (χ4n) is 0.984. The number of hydrogen-bond donors (Lipinski definition) is 2. The van der Waals surface area contributed by atoms with Crippen LogP contribution in [0.1, 0.15) is 45.4 Å². The van der Waals surface area contributed by atoms with Crippen LogP contribution in [0, 0.1) is 0 Å². The van der Waals surface area contributed by atoms with Crippen LogP contribution in [0.15, 0.2) is 0 Å². The second-order valence-corrected chi connectivity index (χ2v) is 2.87. The van der Waals surface area contributed by atoms with Crippen LogP contribution in [-0.4, -0.2) is 6.17 Å². The monoisotopic (exact) mass is 180 g/mol. The zero-order chi connectivity index (χ0) is 7.82. The molecule has 0 aromatic heterocycles. The first-order chi connectivity index (χ1) is 4.77. The molecular weight excluding hydrogens is 160 g/mol. The van der Waals surface area contributed by atoms with Crippen molar-refractivity contribution in [2.75, 3.05) is 0 Å². The van der Waals surface area contributed by atoms with E-state index >= 15 is 0 Å². The summed E-state index contributed by atoms with van der Waals surface area (Å²) in [5, 5.41) is 0. The highest BCUT2D eigenvalue weighted by Gasteiger charge is 1.92. The van der Waals surface area contributed by atoms with Crippen LogP contribution in [-0.2, 0) is 0 Å². The minimum absolute atomic E-state index is 0. The van der Waals surface area contributed by atoms with Crippen molar-refractivity contribution in [3.05, 3.63) is 0 Å². The van der Waals surface area contributed by atoms with E-state index in [9.17, 15) is 0 Å². The molecule has 0 radical (unpaired) electrons. The molecule has 0 fully saturated rings. The smallest absolute Gasteiger partial charge is 0.0520 e. The van der Waals surface area contributed by atoms with Gasteiger partial charge in [-0.15, -0.1) is 12.4 Å². The van der Waals surface area contributed by atoms with Crippen molar-refractivity contribution in [2.24, 2.45) is 11.5 Å². The van der Waals surface area contributed by atoms with Gasteiger partial charge < -0.3 is 11.5 Å². The standard InChI is InChI=1S/C8H20N2.ClH/c1-2-3-4-5-6-7-8(9)10;/h8H,2-7,9-10H2,1H3;1H. The first kappa shape index (κ1) is 13.8. The van der Waals surface area contributed by atoms with Crippen molar-refractivity contribution in [1.82, 2.24) is 0 Å². The van der Waals surface area contributed by atoms with E-state index in [2.05, 4.69) is 6.92 Å². The van der Waals surface area contributed by atoms with Gasteiger partial charge in [0.1, 0.15) is 0 Å². The number of rotatable bonds is 6. The predicted octanol–water partition coefficient (Wildman–Crippen LogP) is 2.01. The van der Waals surface area contributed by atoms with E-state index in [1.807, 2.05) is 0 Å². The Morgan fingerprint density at radius 2 is 1.55 bits per heavy atom. The SMILES string of the molecule is CCCCCCCC(N)N.Cl. The van der Waals surface area contributed by atoms with E-state index in [0.29, 0.717) is 0 Å². The Bertz CT molecular complexity index is 67.1. The quantitative estimate of drug-likeness (QED) is 0.486. The topological polar surface area (TPSA) is 52.0 Å². The van der Waals surface area contributed by atoms with Crippen LogP contribution in [0.5, 0.6) is 0 Å². The molecule has 0 rings (SSSR count). The zero-order valence-electron chi connectivity index (χ0n) is 7.38. The fraction of sp³-hybridized carbons (Fsp3) is 1.00. The normalized spacial score (nSPS) is 9.82. The van der Waals surface area contributed by atoms with E-state index < -0.39 is 0 Å². The summed E-state index contributed by atoms with van der Waals surface area (Å²) >= 11 is 0. The van der Waals surface area contributed by atoms with Gasteiger partial charge in [0.15, 0.2) is 0 Å². The zero-order valence-corrected chi connectivity index (χ0v) is 8.20. The molecule has 0 spiro atoms. The first-order valence-electron chi connectivity index (χ1n) is 4.28. The van der Waals surface area contributed by atoms with Crippen molar-refractivity contribution in [1.29, 1.82) is 0 Å². The Morgan fingerprint density at radius 1 is 1.00 bits per heavy atom. The lowest BCUT2D eigenvalue weighted by Gasteiger charge is -2.03. The summed E-state index contributed by atoms with van der Waals surface area (Å²) in [5.74, 6) is 0. The summed E-state index contributed by atoms with van der Waals surface area (Å²) in [5.41, 5.74) is 10.8. The highest BCUT2D eigenvalue weighted by atomic mass is 35.5. The summed E-state index contributed by atoms with van der Waals surface area (Å²) in [6.07, 6.45) is 7.35. The lowest BCUT2D eigenvalue weighted by molar-refractivity contribution is 0.551. The Balaban J connectivity index is 0. The predicted molar refractivity (Wildman–Crippen MR) is 52.8 cm³/mol. The molecule has 70 valence electrons. The van der Waals surface area contributed by atoms with Gasteiger partial charge in [0.25, 0.3) is 0 Å². The molecule has 0 saturated carbocycles. The highest BCUT2D eigenvalue weighted by molar-refractivity contribution is 5.85. The van der Waals surface area contributed by atoms with E-state index in [1.54, 1.807) is 0 Å². The van der Waals surface area contributed by atoms with Gasteiger partial charge in [-0.25, -0.2) is 0 Å². The van der Waals surface area contributed by atoms with E-state index in [-0.39, 0.29) is 18.6 Å². The van der Waals surface area contributed by atoms with Gasteiger partial charge in [0, 0.05) is 0 Å². The number of nitrogens with two attached hydrogens (primary N) is 2. The third-order valence-corrected chi connectivity index (χ3v) is 1.64. The van der Waals surface area contributed by atoms with Crippen LogP contribution >= 0.6 is 12.4 Å². The van der Waals surface area contributed by atoms with Crippen LogP contribution in [0.2, 0.25) is 0 Å². The molecule has 3 heteroatoms.